The van der Waals surface area contributed by atoms with Crippen LogP contribution in [-0.2, 0) is 0 Å². The van der Waals surface area contributed by atoms with Crippen molar-refractivity contribution in [1.29, 1.82) is 0 Å². The lowest BCUT2D eigenvalue weighted by atomic mass is 10.1. The van der Waals surface area contributed by atoms with Gasteiger partial charge in [0.25, 0.3) is 0 Å². The molecule has 5 aromatic rings. The second-order valence-electron chi connectivity index (χ2n) is 6.83. The molecule has 150 valence electrons. The third-order valence-electron chi connectivity index (χ3n) is 4.76. The van der Waals surface area contributed by atoms with Gasteiger partial charge < -0.3 is 0 Å². The number of aromatic nitrogens is 5. The van der Waals surface area contributed by atoms with Crippen LogP contribution >= 0.6 is 0 Å². The quantitative estimate of drug-likeness (QED) is 0.392. The monoisotopic (exact) mass is 408 g/mol. The smallest absolute Gasteiger partial charge is 0.184 e. The Kier molecular flexibility index (Phi) is 4.90. The van der Waals surface area contributed by atoms with Gasteiger partial charge >= 0.3 is 0 Å². The molecule has 5 rings (SSSR count). The molecule has 31 heavy (non-hydrogen) atoms. The molecule has 6 nitrogen and oxygen atoms in total. The molecule has 2 aromatic heterocycles. The lowest BCUT2D eigenvalue weighted by Gasteiger charge is -2.01. The Balaban J connectivity index is 1.57. The minimum atomic E-state index is -0.293. The Morgan fingerprint density at radius 1 is 0.806 bits per heavy atom. The summed E-state index contributed by atoms with van der Waals surface area (Å²) in [5.74, 6) is 0.342. The van der Waals surface area contributed by atoms with Gasteiger partial charge in [0.2, 0.25) is 0 Å². The SMILES string of the molecule is Fc1ccc(-c2nn(-c3ccccc3)cc2/C=N\n2cnnc2-c2ccccc2)cc1. The van der Waals surface area contributed by atoms with Gasteiger partial charge in [-0.2, -0.15) is 14.9 Å². The first-order valence-electron chi connectivity index (χ1n) is 9.69. The summed E-state index contributed by atoms with van der Waals surface area (Å²) in [4.78, 5) is 0. The number of para-hydroxylation sites is 1. The van der Waals surface area contributed by atoms with Gasteiger partial charge in [-0.25, -0.2) is 9.07 Å². The number of hydrogen-bond donors (Lipinski definition) is 0. The lowest BCUT2D eigenvalue weighted by Crippen LogP contribution is -1.94. The molecule has 7 heteroatoms. The van der Waals surface area contributed by atoms with Crippen molar-refractivity contribution >= 4 is 6.21 Å². The van der Waals surface area contributed by atoms with Crippen molar-refractivity contribution in [2.45, 2.75) is 0 Å². The van der Waals surface area contributed by atoms with Gasteiger partial charge in [-0.1, -0.05) is 48.5 Å². The summed E-state index contributed by atoms with van der Waals surface area (Å²) >= 11 is 0. The van der Waals surface area contributed by atoms with Gasteiger partial charge in [-0.15, -0.1) is 10.2 Å². The van der Waals surface area contributed by atoms with Crippen molar-refractivity contribution < 1.29 is 4.39 Å². The number of halogens is 1. The molecular weight excluding hydrogens is 391 g/mol. The predicted octanol–water partition coefficient (Wildman–Crippen LogP) is 4.82. The third-order valence-corrected chi connectivity index (χ3v) is 4.76. The summed E-state index contributed by atoms with van der Waals surface area (Å²) in [5.41, 5.74) is 4.10. The zero-order chi connectivity index (χ0) is 21.0. The summed E-state index contributed by atoms with van der Waals surface area (Å²) in [7, 11) is 0. The van der Waals surface area contributed by atoms with Crippen LogP contribution in [0.15, 0.2) is 103 Å². The van der Waals surface area contributed by atoms with Crippen LogP contribution < -0.4 is 0 Å². The Morgan fingerprint density at radius 2 is 1.52 bits per heavy atom. The highest BCUT2D eigenvalue weighted by Gasteiger charge is 2.12. The minimum absolute atomic E-state index is 0.293. The fourth-order valence-electron chi connectivity index (χ4n) is 3.24. The largest absolute Gasteiger partial charge is 0.240 e. The molecule has 0 aliphatic heterocycles. The Morgan fingerprint density at radius 3 is 2.26 bits per heavy atom. The number of hydrogen-bond acceptors (Lipinski definition) is 4. The van der Waals surface area contributed by atoms with Crippen LogP contribution in [0, 0.1) is 5.82 Å². The van der Waals surface area contributed by atoms with Crippen LogP contribution in [0.25, 0.3) is 28.3 Å². The van der Waals surface area contributed by atoms with Crippen molar-refractivity contribution in [3.05, 3.63) is 109 Å². The maximum Gasteiger partial charge on any atom is 0.184 e. The first-order valence-corrected chi connectivity index (χ1v) is 9.69. The van der Waals surface area contributed by atoms with E-state index in [4.69, 9.17) is 5.10 Å². The molecule has 0 atom stereocenters. The van der Waals surface area contributed by atoms with E-state index in [9.17, 15) is 4.39 Å². The summed E-state index contributed by atoms with van der Waals surface area (Å²) < 4.78 is 16.8. The average Bonchev–Trinajstić information content (AvgIpc) is 3.47. The normalized spacial score (nSPS) is 11.3. The van der Waals surface area contributed by atoms with Crippen molar-refractivity contribution in [3.8, 4) is 28.3 Å². The van der Waals surface area contributed by atoms with Gasteiger partial charge in [-0.05, 0) is 36.4 Å². The molecule has 0 saturated heterocycles. The van der Waals surface area contributed by atoms with Crippen molar-refractivity contribution in [2.24, 2.45) is 5.10 Å². The van der Waals surface area contributed by atoms with Crippen LogP contribution in [0.3, 0.4) is 0 Å². The van der Waals surface area contributed by atoms with Crippen LogP contribution in [0.1, 0.15) is 5.56 Å². The van der Waals surface area contributed by atoms with E-state index >= 15 is 0 Å². The lowest BCUT2D eigenvalue weighted by molar-refractivity contribution is 0.628. The molecule has 3 aromatic carbocycles. The Hall–Kier alpha value is -4.39. The number of benzene rings is 3. The van der Waals surface area contributed by atoms with E-state index in [2.05, 4.69) is 15.3 Å². The van der Waals surface area contributed by atoms with Crippen LogP contribution in [-0.4, -0.2) is 30.9 Å². The van der Waals surface area contributed by atoms with E-state index in [0.29, 0.717) is 11.5 Å². The van der Waals surface area contributed by atoms with Crippen LogP contribution in [0.5, 0.6) is 0 Å². The molecule has 0 radical (unpaired) electrons. The van der Waals surface area contributed by atoms with E-state index in [-0.39, 0.29) is 5.82 Å². The predicted molar refractivity (Wildman–Crippen MR) is 117 cm³/mol. The molecule has 0 saturated carbocycles. The summed E-state index contributed by atoms with van der Waals surface area (Å²) in [5, 5.41) is 17.5. The van der Waals surface area contributed by atoms with Crippen molar-refractivity contribution in [3.63, 3.8) is 0 Å². The number of rotatable bonds is 5. The van der Waals surface area contributed by atoms with E-state index in [1.807, 2.05) is 66.9 Å². The highest BCUT2D eigenvalue weighted by atomic mass is 19.1. The topological polar surface area (TPSA) is 60.9 Å². The van der Waals surface area contributed by atoms with Gasteiger partial charge in [-0.3, -0.25) is 0 Å². The Bertz CT molecular complexity index is 1320. The van der Waals surface area contributed by atoms with Gasteiger partial charge in [0.05, 0.1) is 11.9 Å². The maximum atomic E-state index is 13.4. The minimum Gasteiger partial charge on any atom is -0.240 e. The third kappa shape index (κ3) is 3.89. The fourth-order valence-corrected chi connectivity index (χ4v) is 3.24. The molecular formula is C24H17FN6. The van der Waals surface area contributed by atoms with Crippen LogP contribution in [0.4, 0.5) is 4.39 Å². The Labute approximate surface area is 177 Å². The van der Waals surface area contributed by atoms with E-state index in [1.165, 1.54) is 12.1 Å². The van der Waals surface area contributed by atoms with E-state index in [1.54, 1.807) is 34.0 Å². The van der Waals surface area contributed by atoms with Crippen molar-refractivity contribution in [2.75, 3.05) is 0 Å². The molecule has 0 aliphatic carbocycles. The summed E-state index contributed by atoms with van der Waals surface area (Å²) in [6.45, 7) is 0. The summed E-state index contributed by atoms with van der Waals surface area (Å²) in [6, 6.07) is 25.8. The first kappa shape index (κ1) is 18.6. The molecule has 0 N–H and O–H groups in total. The van der Waals surface area contributed by atoms with Crippen LogP contribution in [0.2, 0.25) is 0 Å². The maximum absolute atomic E-state index is 13.4. The standard InChI is InChI=1S/C24H17FN6/c25-21-13-11-18(12-14-21)23-20(16-30(29-23)22-9-5-2-6-10-22)15-27-31-17-26-28-24(31)19-7-3-1-4-8-19/h1-17H/b27-15-. The summed E-state index contributed by atoms with van der Waals surface area (Å²) in [6.07, 6.45) is 5.16. The zero-order valence-electron chi connectivity index (χ0n) is 16.4. The molecule has 0 fully saturated rings. The van der Waals surface area contributed by atoms with Crippen molar-refractivity contribution in [1.82, 2.24) is 24.7 Å². The van der Waals surface area contributed by atoms with E-state index < -0.39 is 0 Å². The average molecular weight is 408 g/mol. The second kappa shape index (κ2) is 8.16. The number of nitrogens with zero attached hydrogens (tertiary/aromatic N) is 6. The molecule has 0 amide bonds. The first-order chi connectivity index (χ1) is 15.3. The molecule has 0 spiro atoms. The van der Waals surface area contributed by atoms with Gasteiger partial charge in [0.1, 0.15) is 17.8 Å². The zero-order valence-corrected chi connectivity index (χ0v) is 16.4. The fraction of sp³-hybridized carbons (Fsp3) is 0. The molecule has 2 heterocycles. The molecule has 0 aliphatic rings. The van der Waals surface area contributed by atoms with Gasteiger partial charge in [0, 0.05) is 22.9 Å². The molecule has 0 unspecified atom stereocenters. The highest BCUT2D eigenvalue weighted by Crippen LogP contribution is 2.23. The highest BCUT2D eigenvalue weighted by molar-refractivity contribution is 5.88. The van der Waals surface area contributed by atoms with Gasteiger partial charge in [0.15, 0.2) is 5.82 Å². The second-order valence-corrected chi connectivity index (χ2v) is 6.83. The molecule has 0 bridgehead atoms. The van der Waals surface area contributed by atoms with E-state index in [0.717, 1.165) is 22.4 Å².